The molecule has 0 unspecified atom stereocenters. The zero-order valence-corrected chi connectivity index (χ0v) is 14.2. The number of nitrogens with one attached hydrogen (secondary N) is 1. The Bertz CT molecular complexity index is 911. The fourth-order valence-corrected chi connectivity index (χ4v) is 3.42. The van der Waals surface area contributed by atoms with Crippen LogP contribution in [0, 0.1) is 0 Å². The molecule has 1 aromatic heterocycles. The van der Waals surface area contributed by atoms with Crippen LogP contribution in [0.4, 0.5) is 5.69 Å². The third-order valence-corrected chi connectivity index (χ3v) is 4.82. The second-order valence-corrected chi connectivity index (χ2v) is 6.55. The highest BCUT2D eigenvalue weighted by atomic mass is 16.1. The first-order chi connectivity index (χ1) is 12.2. The first-order valence-corrected chi connectivity index (χ1v) is 8.84. The van der Waals surface area contributed by atoms with Gasteiger partial charge in [0.05, 0.1) is 11.0 Å². The highest BCUT2D eigenvalue weighted by Crippen LogP contribution is 2.24. The fourth-order valence-electron chi connectivity index (χ4n) is 3.42. The number of carbonyl (C=O) groups excluding carboxylic acids is 1. The van der Waals surface area contributed by atoms with Gasteiger partial charge in [0.2, 0.25) is 0 Å². The third kappa shape index (κ3) is 3.15. The number of hydrogen-bond donors (Lipinski definition) is 2. The number of imidazole rings is 1. The van der Waals surface area contributed by atoms with Gasteiger partial charge in [-0.1, -0.05) is 18.6 Å². The number of benzene rings is 2. The highest BCUT2D eigenvalue weighted by Gasteiger charge is 2.14. The molecule has 3 N–H and O–H groups in total. The molecule has 0 saturated heterocycles. The van der Waals surface area contributed by atoms with Crippen molar-refractivity contribution in [2.75, 3.05) is 5.32 Å². The molecule has 2 aromatic carbocycles. The van der Waals surface area contributed by atoms with E-state index in [1.807, 2.05) is 24.3 Å². The van der Waals surface area contributed by atoms with Gasteiger partial charge in [0.1, 0.15) is 5.82 Å². The summed E-state index contributed by atoms with van der Waals surface area (Å²) in [6.45, 7) is 1.51. The molecule has 0 bridgehead atoms. The number of hydrogen-bond acceptors (Lipinski definition) is 3. The van der Waals surface area contributed by atoms with Gasteiger partial charge in [0, 0.05) is 30.8 Å². The van der Waals surface area contributed by atoms with E-state index in [4.69, 9.17) is 10.7 Å². The summed E-state index contributed by atoms with van der Waals surface area (Å²) >= 11 is 0. The lowest BCUT2D eigenvalue weighted by Crippen LogP contribution is -2.12. The minimum Gasteiger partial charge on any atom is -0.328 e. The first-order valence-electron chi connectivity index (χ1n) is 8.84. The summed E-state index contributed by atoms with van der Waals surface area (Å²) in [5.74, 6) is 1.04. The highest BCUT2D eigenvalue weighted by molar-refractivity contribution is 6.05. The van der Waals surface area contributed by atoms with E-state index < -0.39 is 0 Å². The molecule has 4 rings (SSSR count). The Labute approximate surface area is 146 Å². The van der Waals surface area contributed by atoms with Crippen LogP contribution in [0.2, 0.25) is 0 Å². The third-order valence-electron chi connectivity index (χ3n) is 4.82. The molecule has 0 spiro atoms. The van der Waals surface area contributed by atoms with Crippen molar-refractivity contribution in [1.82, 2.24) is 9.55 Å². The molecule has 128 valence electrons. The second-order valence-electron chi connectivity index (χ2n) is 6.55. The van der Waals surface area contributed by atoms with Crippen LogP contribution in [0.3, 0.4) is 0 Å². The number of carbonyl (C=O) groups is 1. The van der Waals surface area contributed by atoms with E-state index in [-0.39, 0.29) is 5.91 Å². The molecule has 0 fully saturated rings. The minimum atomic E-state index is -0.122. The van der Waals surface area contributed by atoms with Crippen LogP contribution in [0.15, 0.2) is 42.5 Å². The van der Waals surface area contributed by atoms with Gasteiger partial charge < -0.3 is 15.6 Å². The number of anilines is 1. The summed E-state index contributed by atoms with van der Waals surface area (Å²) in [5.41, 5.74) is 10.1. The van der Waals surface area contributed by atoms with Crippen molar-refractivity contribution in [2.45, 2.75) is 38.8 Å². The number of nitrogens with two attached hydrogens (primary N) is 1. The van der Waals surface area contributed by atoms with Gasteiger partial charge in [0.25, 0.3) is 5.91 Å². The molecular weight excluding hydrogens is 312 g/mol. The predicted octanol–water partition coefficient (Wildman–Crippen LogP) is 3.47. The molecule has 3 aromatic rings. The zero-order chi connectivity index (χ0) is 17.2. The monoisotopic (exact) mass is 334 g/mol. The normalized spacial score (nSPS) is 14.1. The van der Waals surface area contributed by atoms with Crippen LogP contribution in [-0.2, 0) is 19.5 Å². The lowest BCUT2D eigenvalue weighted by molar-refractivity contribution is 0.102. The molecule has 25 heavy (non-hydrogen) atoms. The van der Waals surface area contributed by atoms with Crippen molar-refractivity contribution < 1.29 is 4.79 Å². The van der Waals surface area contributed by atoms with Crippen molar-refractivity contribution in [3.8, 4) is 0 Å². The molecule has 0 aliphatic carbocycles. The van der Waals surface area contributed by atoms with E-state index in [0.29, 0.717) is 12.1 Å². The van der Waals surface area contributed by atoms with Crippen molar-refractivity contribution in [1.29, 1.82) is 0 Å². The smallest absolute Gasteiger partial charge is 0.255 e. The largest absolute Gasteiger partial charge is 0.328 e. The quantitative estimate of drug-likeness (QED) is 0.770. The molecule has 1 aliphatic rings. The standard InChI is InChI=1S/C20H22N4O/c21-13-14-5-7-15(8-6-14)20(25)22-16-9-10-18-17(12-16)23-19-4-2-1-3-11-24(18)19/h5-10,12H,1-4,11,13,21H2,(H,22,25). The summed E-state index contributed by atoms with van der Waals surface area (Å²) < 4.78 is 2.32. The van der Waals surface area contributed by atoms with Crippen LogP contribution in [0.5, 0.6) is 0 Å². The molecule has 0 atom stereocenters. The van der Waals surface area contributed by atoms with E-state index in [9.17, 15) is 4.79 Å². The van der Waals surface area contributed by atoms with E-state index in [1.54, 1.807) is 12.1 Å². The number of amides is 1. The van der Waals surface area contributed by atoms with Crippen LogP contribution < -0.4 is 11.1 Å². The van der Waals surface area contributed by atoms with Gasteiger partial charge in [0.15, 0.2) is 0 Å². The lowest BCUT2D eigenvalue weighted by atomic mass is 10.1. The topological polar surface area (TPSA) is 72.9 Å². The Hall–Kier alpha value is -2.66. The van der Waals surface area contributed by atoms with Gasteiger partial charge in [-0.3, -0.25) is 4.79 Å². The van der Waals surface area contributed by atoms with Crippen molar-refractivity contribution in [2.24, 2.45) is 5.73 Å². The second kappa shape index (κ2) is 6.69. The van der Waals surface area contributed by atoms with E-state index in [2.05, 4.69) is 16.0 Å². The lowest BCUT2D eigenvalue weighted by Gasteiger charge is -2.07. The number of aromatic nitrogens is 2. The molecule has 5 heteroatoms. The van der Waals surface area contributed by atoms with Crippen molar-refractivity contribution in [3.63, 3.8) is 0 Å². The Morgan fingerprint density at radius 3 is 2.76 bits per heavy atom. The Kier molecular flexibility index (Phi) is 4.24. The van der Waals surface area contributed by atoms with Crippen molar-refractivity contribution in [3.05, 3.63) is 59.4 Å². The predicted molar refractivity (Wildman–Crippen MR) is 99.6 cm³/mol. The molecule has 5 nitrogen and oxygen atoms in total. The Morgan fingerprint density at radius 2 is 1.96 bits per heavy atom. The van der Waals surface area contributed by atoms with Crippen LogP contribution in [-0.4, -0.2) is 15.5 Å². The maximum atomic E-state index is 12.4. The maximum Gasteiger partial charge on any atom is 0.255 e. The summed E-state index contributed by atoms with van der Waals surface area (Å²) in [6, 6.07) is 13.3. The molecular formula is C20H22N4O. The van der Waals surface area contributed by atoms with Gasteiger partial charge in [-0.2, -0.15) is 0 Å². The van der Waals surface area contributed by atoms with E-state index >= 15 is 0 Å². The number of aryl methyl sites for hydroxylation is 2. The van der Waals surface area contributed by atoms with Crippen molar-refractivity contribution >= 4 is 22.6 Å². The SMILES string of the molecule is NCc1ccc(C(=O)Nc2ccc3c(c2)nc2n3CCCCC2)cc1. The summed E-state index contributed by atoms with van der Waals surface area (Å²) in [4.78, 5) is 17.2. The number of rotatable bonds is 3. The summed E-state index contributed by atoms with van der Waals surface area (Å²) in [7, 11) is 0. The van der Waals surface area contributed by atoms with Gasteiger partial charge in [-0.05, 0) is 48.7 Å². The average Bonchev–Trinajstić information content (AvgIpc) is 2.82. The molecule has 0 radical (unpaired) electrons. The molecule has 2 heterocycles. The minimum absolute atomic E-state index is 0.122. The van der Waals surface area contributed by atoms with Gasteiger partial charge in [-0.25, -0.2) is 4.98 Å². The van der Waals surface area contributed by atoms with Crippen LogP contribution in [0.1, 0.15) is 41.0 Å². The van der Waals surface area contributed by atoms with Gasteiger partial charge in [-0.15, -0.1) is 0 Å². The maximum absolute atomic E-state index is 12.4. The Balaban J connectivity index is 1.58. The molecule has 1 amide bonds. The van der Waals surface area contributed by atoms with E-state index in [0.717, 1.165) is 41.1 Å². The summed E-state index contributed by atoms with van der Waals surface area (Å²) in [6.07, 6.45) is 4.70. The fraction of sp³-hybridized carbons (Fsp3) is 0.300. The van der Waals surface area contributed by atoms with Gasteiger partial charge >= 0.3 is 0 Å². The van der Waals surface area contributed by atoms with Crippen LogP contribution >= 0.6 is 0 Å². The zero-order valence-electron chi connectivity index (χ0n) is 14.2. The van der Waals surface area contributed by atoms with Crippen LogP contribution in [0.25, 0.3) is 11.0 Å². The Morgan fingerprint density at radius 1 is 1.12 bits per heavy atom. The number of fused-ring (bicyclic) bond motifs is 3. The summed E-state index contributed by atoms with van der Waals surface area (Å²) in [5, 5.41) is 2.96. The average molecular weight is 334 g/mol. The van der Waals surface area contributed by atoms with E-state index in [1.165, 1.54) is 19.3 Å². The molecule has 1 aliphatic heterocycles. The molecule has 0 saturated carbocycles. The number of nitrogens with zero attached hydrogens (tertiary/aromatic N) is 2. The first kappa shape index (κ1) is 15.8.